The first-order valence-electron chi connectivity index (χ1n) is 14.0. The summed E-state index contributed by atoms with van der Waals surface area (Å²) in [6, 6.07) is 26.1. The third-order valence-corrected chi connectivity index (χ3v) is 7.62. The molecule has 7 nitrogen and oxygen atoms in total. The fourth-order valence-corrected chi connectivity index (χ4v) is 5.56. The molecule has 0 N–H and O–H groups in total. The molecule has 2 heterocycles. The SMILES string of the molecule is Cc1nc2ccc(N(C)C3CCN(C(=O)OC(C)(C)C)CC3)cc2c(=O)n1C(c1ccccc1)c1ccccc1. The lowest BCUT2D eigenvalue weighted by Gasteiger charge is -2.38. The molecule has 0 saturated carbocycles. The second-order valence-electron chi connectivity index (χ2n) is 11.6. The third kappa shape index (κ3) is 5.74. The number of ether oxygens (including phenoxy) is 1. The maximum absolute atomic E-state index is 14.2. The van der Waals surface area contributed by atoms with Gasteiger partial charge in [-0.1, -0.05) is 60.7 Å². The lowest BCUT2D eigenvalue weighted by atomic mass is 9.98. The smallest absolute Gasteiger partial charge is 0.410 e. The first-order chi connectivity index (χ1) is 19.1. The van der Waals surface area contributed by atoms with Crippen LogP contribution in [0.2, 0.25) is 0 Å². The van der Waals surface area contributed by atoms with Crippen molar-refractivity contribution < 1.29 is 9.53 Å². The number of nitrogens with zero attached hydrogens (tertiary/aromatic N) is 4. The normalized spacial score (nSPS) is 14.5. The van der Waals surface area contributed by atoms with Gasteiger partial charge in [-0.25, -0.2) is 9.78 Å². The maximum Gasteiger partial charge on any atom is 0.410 e. The number of amides is 1. The number of aryl methyl sites for hydroxylation is 1. The predicted octanol–water partition coefficient (Wildman–Crippen LogP) is 6.18. The van der Waals surface area contributed by atoms with Gasteiger partial charge in [-0.15, -0.1) is 0 Å². The minimum atomic E-state index is -0.505. The molecule has 7 heteroatoms. The number of fused-ring (bicyclic) bond motifs is 1. The van der Waals surface area contributed by atoms with E-state index in [0.29, 0.717) is 29.8 Å². The molecule has 0 unspecified atom stereocenters. The topological polar surface area (TPSA) is 67.7 Å². The summed E-state index contributed by atoms with van der Waals surface area (Å²) in [6.45, 7) is 8.84. The lowest BCUT2D eigenvalue weighted by molar-refractivity contribution is 0.0205. The molecule has 1 aromatic heterocycles. The standard InChI is InChI=1S/C33H38N4O3/c1-23-34-29-17-16-27(35(5)26-18-20-36(21-19-26)32(39)40-33(2,3)4)22-28(29)31(38)37(23)30(24-12-8-6-9-13-24)25-14-10-7-11-15-25/h6-17,22,26,30H,18-21H2,1-5H3. The van der Waals surface area contributed by atoms with Crippen LogP contribution in [0.4, 0.5) is 10.5 Å². The Kier molecular flexibility index (Phi) is 7.66. The molecule has 208 valence electrons. The van der Waals surface area contributed by atoms with Gasteiger partial charge in [-0.2, -0.15) is 0 Å². The molecule has 0 spiro atoms. The number of rotatable bonds is 5. The average molecular weight is 539 g/mol. The van der Waals surface area contributed by atoms with E-state index in [-0.39, 0.29) is 23.7 Å². The van der Waals surface area contributed by atoms with Gasteiger partial charge < -0.3 is 14.5 Å². The lowest BCUT2D eigenvalue weighted by Crippen LogP contribution is -2.47. The summed E-state index contributed by atoms with van der Waals surface area (Å²) in [5, 5.41) is 0.595. The zero-order valence-electron chi connectivity index (χ0n) is 24.0. The Morgan fingerprint density at radius 2 is 1.52 bits per heavy atom. The molecule has 1 fully saturated rings. The van der Waals surface area contributed by atoms with Crippen molar-refractivity contribution in [1.82, 2.24) is 14.5 Å². The molecule has 3 aromatic carbocycles. The number of benzene rings is 3. The zero-order chi connectivity index (χ0) is 28.4. The number of anilines is 1. The Morgan fingerprint density at radius 3 is 2.08 bits per heavy atom. The number of hydrogen-bond donors (Lipinski definition) is 0. The van der Waals surface area contributed by atoms with E-state index in [0.717, 1.165) is 29.7 Å². The number of carbonyl (C=O) groups excluding carboxylic acids is 1. The number of hydrogen-bond acceptors (Lipinski definition) is 5. The van der Waals surface area contributed by atoms with Crippen LogP contribution in [0, 0.1) is 6.92 Å². The quantitative estimate of drug-likeness (QED) is 0.304. The first kappa shape index (κ1) is 27.4. The molecule has 0 bridgehead atoms. The second kappa shape index (κ2) is 11.2. The van der Waals surface area contributed by atoms with Crippen molar-refractivity contribution in [1.29, 1.82) is 0 Å². The van der Waals surface area contributed by atoms with E-state index in [1.807, 2.05) is 86.9 Å². The summed E-state index contributed by atoms with van der Waals surface area (Å²) >= 11 is 0. The Hall–Kier alpha value is -4.13. The van der Waals surface area contributed by atoms with Crippen LogP contribution in [0.3, 0.4) is 0 Å². The Balaban J connectivity index is 1.46. The first-order valence-corrected chi connectivity index (χ1v) is 14.0. The maximum atomic E-state index is 14.2. The van der Waals surface area contributed by atoms with E-state index in [1.54, 1.807) is 4.90 Å². The van der Waals surface area contributed by atoms with Crippen molar-refractivity contribution in [2.75, 3.05) is 25.0 Å². The van der Waals surface area contributed by atoms with Gasteiger partial charge in [-0.3, -0.25) is 9.36 Å². The molecule has 4 aromatic rings. The van der Waals surface area contributed by atoms with Crippen molar-refractivity contribution in [3.63, 3.8) is 0 Å². The summed E-state index contributed by atoms with van der Waals surface area (Å²) < 4.78 is 7.37. The highest BCUT2D eigenvalue weighted by Gasteiger charge is 2.29. The molecule has 1 aliphatic heterocycles. The van der Waals surface area contributed by atoms with Crippen molar-refractivity contribution in [3.05, 3.63) is 106 Å². The van der Waals surface area contributed by atoms with Crippen LogP contribution in [0.15, 0.2) is 83.7 Å². The summed E-state index contributed by atoms with van der Waals surface area (Å²) in [6.07, 6.45) is 1.40. The van der Waals surface area contributed by atoms with E-state index in [9.17, 15) is 9.59 Å². The highest BCUT2D eigenvalue weighted by Crippen LogP contribution is 2.29. The molecule has 40 heavy (non-hydrogen) atoms. The van der Waals surface area contributed by atoms with E-state index in [1.165, 1.54) is 0 Å². The van der Waals surface area contributed by atoms with Crippen molar-refractivity contribution in [2.45, 2.75) is 58.2 Å². The molecule has 1 saturated heterocycles. The summed E-state index contributed by atoms with van der Waals surface area (Å²) in [4.78, 5) is 35.6. The van der Waals surface area contributed by atoms with E-state index >= 15 is 0 Å². The molecule has 0 atom stereocenters. The minimum absolute atomic E-state index is 0.0600. The van der Waals surface area contributed by atoms with Crippen LogP contribution in [-0.2, 0) is 4.74 Å². The van der Waals surface area contributed by atoms with Crippen LogP contribution in [0.25, 0.3) is 10.9 Å². The van der Waals surface area contributed by atoms with Gasteiger partial charge in [-0.05, 0) is 69.9 Å². The molecular weight excluding hydrogens is 500 g/mol. The van der Waals surface area contributed by atoms with E-state index < -0.39 is 5.60 Å². The third-order valence-electron chi connectivity index (χ3n) is 7.62. The van der Waals surface area contributed by atoms with Crippen molar-refractivity contribution >= 4 is 22.7 Å². The number of carbonyl (C=O) groups is 1. The van der Waals surface area contributed by atoms with Gasteiger partial charge in [0.15, 0.2) is 0 Å². The fraction of sp³-hybridized carbons (Fsp3) is 0.364. The largest absolute Gasteiger partial charge is 0.444 e. The van der Waals surface area contributed by atoms with Crippen LogP contribution in [-0.4, -0.2) is 52.3 Å². The molecule has 0 radical (unpaired) electrons. The van der Waals surface area contributed by atoms with Crippen molar-refractivity contribution in [3.8, 4) is 0 Å². The molecule has 1 aliphatic rings. The second-order valence-corrected chi connectivity index (χ2v) is 11.6. The van der Waals surface area contributed by atoms with Crippen LogP contribution in [0.1, 0.15) is 56.6 Å². The van der Waals surface area contributed by atoms with Crippen LogP contribution in [0.5, 0.6) is 0 Å². The van der Waals surface area contributed by atoms with E-state index in [2.05, 4.69) is 36.2 Å². The van der Waals surface area contributed by atoms with Crippen molar-refractivity contribution in [2.24, 2.45) is 0 Å². The van der Waals surface area contributed by atoms with Gasteiger partial charge in [0.2, 0.25) is 0 Å². The van der Waals surface area contributed by atoms with E-state index in [4.69, 9.17) is 9.72 Å². The van der Waals surface area contributed by atoms with Gasteiger partial charge >= 0.3 is 6.09 Å². The van der Waals surface area contributed by atoms with Crippen LogP contribution < -0.4 is 10.5 Å². The number of piperidine rings is 1. The average Bonchev–Trinajstić information content (AvgIpc) is 2.95. The summed E-state index contributed by atoms with van der Waals surface area (Å²) in [7, 11) is 2.06. The highest BCUT2D eigenvalue weighted by molar-refractivity contribution is 5.82. The highest BCUT2D eigenvalue weighted by atomic mass is 16.6. The predicted molar refractivity (Wildman–Crippen MR) is 160 cm³/mol. The monoisotopic (exact) mass is 538 g/mol. The number of aromatic nitrogens is 2. The summed E-state index contributed by atoms with van der Waals surface area (Å²) in [5.41, 5.74) is 3.16. The molecular formula is C33H38N4O3. The Bertz CT molecular complexity index is 1500. The number of likely N-dealkylation sites (tertiary alicyclic amines) is 1. The molecule has 1 amide bonds. The molecule has 0 aliphatic carbocycles. The van der Waals surface area contributed by atoms with Crippen LogP contribution >= 0.6 is 0 Å². The van der Waals surface area contributed by atoms with Gasteiger partial charge in [0.1, 0.15) is 11.4 Å². The zero-order valence-corrected chi connectivity index (χ0v) is 24.0. The Morgan fingerprint density at radius 1 is 0.950 bits per heavy atom. The Labute approximate surface area is 236 Å². The van der Waals surface area contributed by atoms with Gasteiger partial charge in [0.25, 0.3) is 5.56 Å². The fourth-order valence-electron chi connectivity index (χ4n) is 5.56. The minimum Gasteiger partial charge on any atom is -0.444 e. The summed E-state index contributed by atoms with van der Waals surface area (Å²) in [5.74, 6) is 0.672. The molecule has 5 rings (SSSR count). The van der Waals surface area contributed by atoms with Gasteiger partial charge in [0.05, 0.1) is 16.9 Å². The van der Waals surface area contributed by atoms with Gasteiger partial charge in [0, 0.05) is 31.9 Å².